The Morgan fingerprint density at radius 3 is 2.38 bits per heavy atom. The number of hydrogen-bond acceptors (Lipinski definition) is 6. The summed E-state index contributed by atoms with van der Waals surface area (Å²) in [5, 5.41) is 14.6. The maximum atomic E-state index is 12.7. The lowest BCUT2D eigenvalue weighted by molar-refractivity contribution is -0.313. The minimum Gasteiger partial charge on any atom is -0.550 e. The molecule has 1 aliphatic rings. The van der Waals surface area contributed by atoms with Gasteiger partial charge in [-0.3, -0.25) is 4.79 Å². The summed E-state index contributed by atoms with van der Waals surface area (Å²) in [5.74, 6) is -3.41. The summed E-state index contributed by atoms with van der Waals surface area (Å²) >= 11 is 1.33. The SMILES string of the molecule is CCc1c(C)sc(NC(=O)[C@H]2CCCC[C@H]2C(=O)[O-])c1C(=O)OC(C)C. The van der Waals surface area contributed by atoms with Gasteiger partial charge in [0.1, 0.15) is 5.00 Å². The van der Waals surface area contributed by atoms with E-state index in [4.69, 9.17) is 4.74 Å². The van der Waals surface area contributed by atoms with Gasteiger partial charge in [-0.25, -0.2) is 4.79 Å². The molecule has 0 saturated heterocycles. The Hall–Kier alpha value is -1.89. The Kier molecular flexibility index (Phi) is 6.81. The van der Waals surface area contributed by atoms with Crippen molar-refractivity contribution < 1.29 is 24.2 Å². The normalized spacial score (nSPS) is 20.0. The third kappa shape index (κ3) is 4.44. The molecule has 1 amide bonds. The van der Waals surface area contributed by atoms with Crippen molar-refractivity contribution >= 4 is 34.2 Å². The molecule has 1 aromatic heterocycles. The number of aryl methyl sites for hydroxylation is 1. The predicted molar refractivity (Wildman–Crippen MR) is 98.1 cm³/mol. The third-order valence-corrected chi connectivity index (χ3v) is 5.81. The second-order valence-corrected chi connectivity index (χ2v) is 8.18. The first-order valence-electron chi connectivity index (χ1n) is 9.11. The summed E-state index contributed by atoms with van der Waals surface area (Å²) in [6.45, 7) is 7.39. The van der Waals surface area contributed by atoms with Crippen LogP contribution in [0, 0.1) is 18.8 Å². The van der Waals surface area contributed by atoms with Gasteiger partial charge in [-0.1, -0.05) is 19.8 Å². The average molecular weight is 380 g/mol. The maximum absolute atomic E-state index is 12.7. The highest BCUT2D eigenvalue weighted by atomic mass is 32.1. The van der Waals surface area contributed by atoms with Crippen LogP contribution in [0.15, 0.2) is 0 Å². The van der Waals surface area contributed by atoms with E-state index in [-0.39, 0.29) is 12.0 Å². The van der Waals surface area contributed by atoms with Gasteiger partial charge in [-0.2, -0.15) is 0 Å². The highest BCUT2D eigenvalue weighted by Gasteiger charge is 2.33. The van der Waals surface area contributed by atoms with Crippen LogP contribution in [0.4, 0.5) is 5.00 Å². The molecular weight excluding hydrogens is 354 g/mol. The Morgan fingerprint density at radius 1 is 1.23 bits per heavy atom. The van der Waals surface area contributed by atoms with E-state index in [9.17, 15) is 19.5 Å². The second kappa shape index (κ2) is 8.66. The van der Waals surface area contributed by atoms with Crippen LogP contribution in [0.5, 0.6) is 0 Å². The number of amides is 1. The van der Waals surface area contributed by atoms with Crippen molar-refractivity contribution in [3.05, 3.63) is 16.0 Å². The molecule has 0 radical (unpaired) electrons. The van der Waals surface area contributed by atoms with E-state index in [0.29, 0.717) is 29.8 Å². The minimum atomic E-state index is -1.18. The van der Waals surface area contributed by atoms with E-state index in [1.807, 2.05) is 13.8 Å². The van der Waals surface area contributed by atoms with Crippen LogP contribution in [-0.2, 0) is 20.7 Å². The van der Waals surface area contributed by atoms with Crippen LogP contribution >= 0.6 is 11.3 Å². The fraction of sp³-hybridized carbons (Fsp3) is 0.632. The number of ether oxygens (including phenoxy) is 1. The maximum Gasteiger partial charge on any atom is 0.341 e. The molecule has 0 spiro atoms. The highest BCUT2D eigenvalue weighted by molar-refractivity contribution is 7.16. The fourth-order valence-electron chi connectivity index (χ4n) is 3.51. The van der Waals surface area contributed by atoms with Gasteiger partial charge in [-0.05, 0) is 45.6 Å². The number of nitrogens with one attached hydrogen (secondary N) is 1. The van der Waals surface area contributed by atoms with Crippen molar-refractivity contribution in [3.63, 3.8) is 0 Å². The molecule has 1 saturated carbocycles. The number of aliphatic carboxylic acids is 1. The summed E-state index contributed by atoms with van der Waals surface area (Å²) in [6.07, 6.45) is 2.94. The quantitative estimate of drug-likeness (QED) is 0.766. The van der Waals surface area contributed by atoms with Crippen molar-refractivity contribution in [2.75, 3.05) is 5.32 Å². The Bertz CT molecular complexity index is 694. The molecule has 144 valence electrons. The number of rotatable bonds is 6. The number of carbonyl (C=O) groups is 3. The summed E-state index contributed by atoms with van der Waals surface area (Å²) in [4.78, 5) is 37.6. The van der Waals surface area contributed by atoms with Gasteiger partial charge >= 0.3 is 5.97 Å². The number of carboxylic acids is 1. The first-order chi connectivity index (χ1) is 12.3. The molecule has 0 aliphatic heterocycles. The number of thiophene rings is 1. The zero-order valence-electron chi connectivity index (χ0n) is 15.7. The van der Waals surface area contributed by atoms with Crippen LogP contribution in [-0.4, -0.2) is 23.9 Å². The fourth-order valence-corrected chi connectivity index (χ4v) is 4.65. The lowest BCUT2D eigenvalue weighted by atomic mass is 9.79. The van der Waals surface area contributed by atoms with Gasteiger partial charge in [0.15, 0.2) is 0 Å². The van der Waals surface area contributed by atoms with Gasteiger partial charge in [0, 0.05) is 22.7 Å². The highest BCUT2D eigenvalue weighted by Crippen LogP contribution is 2.36. The van der Waals surface area contributed by atoms with Crippen molar-refractivity contribution in [1.29, 1.82) is 0 Å². The molecule has 0 aromatic carbocycles. The minimum absolute atomic E-state index is 0.267. The first-order valence-corrected chi connectivity index (χ1v) is 9.92. The molecular formula is C19H26NO5S-. The number of hydrogen-bond donors (Lipinski definition) is 1. The molecule has 7 heteroatoms. The zero-order chi connectivity index (χ0) is 19.4. The van der Waals surface area contributed by atoms with Gasteiger partial charge in [-0.15, -0.1) is 11.3 Å². The van der Waals surface area contributed by atoms with Gasteiger partial charge in [0.25, 0.3) is 0 Å². The molecule has 6 nitrogen and oxygen atoms in total. The standard InChI is InChI=1S/C19H27NO5S/c1-5-12-11(4)26-17(15(12)19(24)25-10(2)3)20-16(21)13-8-6-7-9-14(13)18(22)23/h10,13-14H,5-9H2,1-4H3,(H,20,21)(H,22,23)/p-1/t13-,14+/m0/s1. The van der Waals surface area contributed by atoms with E-state index in [0.717, 1.165) is 23.3 Å². The molecule has 1 aromatic rings. The zero-order valence-corrected chi connectivity index (χ0v) is 16.5. The lowest BCUT2D eigenvalue weighted by Crippen LogP contribution is -2.42. The molecule has 1 N–H and O–H groups in total. The van der Waals surface area contributed by atoms with Gasteiger partial charge < -0.3 is 20.0 Å². The van der Waals surface area contributed by atoms with E-state index < -0.39 is 23.8 Å². The Labute approximate surface area is 157 Å². The van der Waals surface area contributed by atoms with Gasteiger partial charge in [0.2, 0.25) is 5.91 Å². The molecule has 0 bridgehead atoms. The van der Waals surface area contributed by atoms with Crippen molar-refractivity contribution in [1.82, 2.24) is 0 Å². The predicted octanol–water partition coefficient (Wildman–Crippen LogP) is 2.68. The number of carbonyl (C=O) groups excluding carboxylic acids is 3. The summed E-state index contributed by atoms with van der Waals surface area (Å²) in [7, 11) is 0. The molecule has 0 unspecified atom stereocenters. The number of esters is 1. The lowest BCUT2D eigenvalue weighted by Gasteiger charge is -2.31. The Balaban J connectivity index is 2.29. The summed E-state index contributed by atoms with van der Waals surface area (Å²) in [5.41, 5.74) is 1.24. The smallest absolute Gasteiger partial charge is 0.341 e. The van der Waals surface area contributed by atoms with Crippen LogP contribution in [0.2, 0.25) is 0 Å². The van der Waals surface area contributed by atoms with Gasteiger partial charge in [0.05, 0.1) is 11.7 Å². The molecule has 1 heterocycles. The van der Waals surface area contributed by atoms with Crippen molar-refractivity contribution in [2.45, 2.75) is 65.9 Å². The van der Waals surface area contributed by atoms with E-state index >= 15 is 0 Å². The van der Waals surface area contributed by atoms with Crippen LogP contribution in [0.1, 0.15) is 67.3 Å². The monoisotopic (exact) mass is 380 g/mol. The topological polar surface area (TPSA) is 95.5 Å². The average Bonchev–Trinajstić information content (AvgIpc) is 2.89. The molecule has 1 fully saturated rings. The van der Waals surface area contributed by atoms with E-state index in [1.54, 1.807) is 13.8 Å². The second-order valence-electron chi connectivity index (χ2n) is 6.95. The number of anilines is 1. The first kappa shape index (κ1) is 20.4. The van der Waals surface area contributed by atoms with E-state index in [1.165, 1.54) is 11.3 Å². The van der Waals surface area contributed by atoms with Crippen LogP contribution < -0.4 is 10.4 Å². The largest absolute Gasteiger partial charge is 0.550 e. The van der Waals surface area contributed by atoms with Crippen molar-refractivity contribution in [3.8, 4) is 0 Å². The van der Waals surface area contributed by atoms with E-state index in [2.05, 4.69) is 5.32 Å². The third-order valence-electron chi connectivity index (χ3n) is 4.75. The number of carboxylic acid groups (broad SMARTS) is 1. The summed E-state index contributed by atoms with van der Waals surface area (Å²) in [6, 6.07) is 0. The molecule has 2 atom stereocenters. The Morgan fingerprint density at radius 2 is 1.85 bits per heavy atom. The summed E-state index contributed by atoms with van der Waals surface area (Å²) < 4.78 is 5.33. The molecule has 2 rings (SSSR count). The molecule has 26 heavy (non-hydrogen) atoms. The van der Waals surface area contributed by atoms with Crippen LogP contribution in [0.25, 0.3) is 0 Å². The van der Waals surface area contributed by atoms with Crippen LogP contribution in [0.3, 0.4) is 0 Å². The molecule has 1 aliphatic carbocycles. The van der Waals surface area contributed by atoms with Crippen molar-refractivity contribution in [2.24, 2.45) is 11.8 Å².